The lowest BCUT2D eigenvalue weighted by Gasteiger charge is -2.10. The molecule has 0 spiro atoms. The second-order valence-corrected chi connectivity index (χ2v) is 3.61. The number of ether oxygens (including phenoxy) is 3. The first-order chi connectivity index (χ1) is 8.83. The van der Waals surface area contributed by atoms with Gasteiger partial charge in [0.25, 0.3) is 0 Å². The molecule has 19 heavy (non-hydrogen) atoms. The molecule has 0 fully saturated rings. The van der Waals surface area contributed by atoms with Gasteiger partial charge in [-0.25, -0.2) is 0 Å². The number of hydrogen-bond acceptors (Lipinski definition) is 4. The van der Waals surface area contributed by atoms with E-state index in [9.17, 15) is 0 Å². The second-order valence-electron chi connectivity index (χ2n) is 3.61. The maximum absolute atomic E-state index is 5.59. The first kappa shape index (κ1) is 15.7. The molecule has 0 unspecified atom stereocenters. The van der Waals surface area contributed by atoms with Crippen LogP contribution in [-0.2, 0) is 0 Å². The molecule has 0 amide bonds. The zero-order chi connectivity index (χ0) is 12.8. The molecule has 0 aliphatic carbocycles. The van der Waals surface area contributed by atoms with Crippen LogP contribution in [0.5, 0.6) is 17.2 Å². The number of aliphatic imine (C=N–C) groups is 1. The number of benzene rings is 1. The first-order valence-electron chi connectivity index (χ1n) is 5.74. The second kappa shape index (κ2) is 7.93. The Morgan fingerprint density at radius 3 is 2.89 bits per heavy atom. The van der Waals surface area contributed by atoms with E-state index in [1.54, 1.807) is 7.05 Å². The number of halogens is 1. The van der Waals surface area contributed by atoms with Crippen molar-refractivity contribution in [2.24, 2.45) is 4.99 Å². The molecule has 0 saturated heterocycles. The summed E-state index contributed by atoms with van der Waals surface area (Å²) in [4.78, 5) is 4.00. The summed E-state index contributed by atoms with van der Waals surface area (Å²) in [6, 6.07) is 5.53. The van der Waals surface area contributed by atoms with Gasteiger partial charge >= 0.3 is 0 Å². The minimum atomic E-state index is 0. The summed E-state index contributed by atoms with van der Waals surface area (Å²) in [7, 11) is 3.53. The summed E-state index contributed by atoms with van der Waals surface area (Å²) >= 11 is 0. The van der Waals surface area contributed by atoms with Gasteiger partial charge in [-0.15, -0.1) is 24.0 Å². The Hall–Kier alpha value is -1.38. The molecule has 2 N–H and O–H groups in total. The van der Waals surface area contributed by atoms with Gasteiger partial charge in [-0.05, 0) is 12.1 Å². The van der Waals surface area contributed by atoms with Crippen molar-refractivity contribution in [1.82, 2.24) is 10.6 Å². The quantitative estimate of drug-likeness (QED) is 0.356. The topological polar surface area (TPSA) is 64.1 Å². The van der Waals surface area contributed by atoms with Gasteiger partial charge in [0.2, 0.25) is 6.79 Å². The number of nitrogens with zero attached hydrogens (tertiary/aromatic N) is 1. The fraction of sp³-hybridized carbons (Fsp3) is 0.417. The van der Waals surface area contributed by atoms with Gasteiger partial charge in [0.05, 0.1) is 6.54 Å². The summed E-state index contributed by atoms with van der Waals surface area (Å²) in [6.45, 7) is 1.49. The molecule has 1 aromatic carbocycles. The maximum atomic E-state index is 5.59. The highest BCUT2D eigenvalue weighted by Gasteiger charge is 2.13. The van der Waals surface area contributed by atoms with Crippen LogP contribution in [0.2, 0.25) is 0 Å². The first-order valence-corrected chi connectivity index (χ1v) is 5.74. The zero-order valence-electron chi connectivity index (χ0n) is 10.9. The molecule has 0 saturated carbocycles. The highest BCUT2D eigenvalue weighted by Crippen LogP contribution is 2.34. The predicted molar refractivity (Wildman–Crippen MR) is 83.9 cm³/mol. The lowest BCUT2D eigenvalue weighted by molar-refractivity contribution is 0.173. The summed E-state index contributed by atoms with van der Waals surface area (Å²) in [6.07, 6.45) is 0. The molecule has 0 bridgehead atoms. The summed E-state index contributed by atoms with van der Waals surface area (Å²) in [5, 5.41) is 6.03. The van der Waals surface area contributed by atoms with E-state index in [-0.39, 0.29) is 30.8 Å². The number of fused-ring (bicyclic) bond motifs is 1. The molecular weight excluding hydrogens is 361 g/mol. The Morgan fingerprint density at radius 2 is 2.16 bits per heavy atom. The predicted octanol–water partition coefficient (Wildman–Crippen LogP) is 1.21. The Labute approximate surface area is 129 Å². The van der Waals surface area contributed by atoms with E-state index in [1.165, 1.54) is 0 Å². The Bertz CT molecular complexity index is 440. The zero-order valence-corrected chi connectivity index (χ0v) is 13.3. The van der Waals surface area contributed by atoms with E-state index >= 15 is 0 Å². The van der Waals surface area contributed by atoms with Crippen molar-refractivity contribution in [3.05, 3.63) is 18.2 Å². The van der Waals surface area contributed by atoms with Crippen LogP contribution in [-0.4, -0.2) is 40.0 Å². The average molecular weight is 379 g/mol. The van der Waals surface area contributed by atoms with Gasteiger partial charge in [0.15, 0.2) is 17.5 Å². The van der Waals surface area contributed by atoms with Gasteiger partial charge in [-0.1, -0.05) is 0 Å². The highest BCUT2D eigenvalue weighted by molar-refractivity contribution is 14.0. The number of guanidine groups is 1. The third kappa shape index (κ3) is 4.34. The van der Waals surface area contributed by atoms with Gasteiger partial charge in [-0.2, -0.15) is 0 Å². The number of nitrogens with one attached hydrogen (secondary N) is 2. The number of rotatable bonds is 4. The van der Waals surface area contributed by atoms with Gasteiger partial charge in [0, 0.05) is 20.2 Å². The highest BCUT2D eigenvalue weighted by atomic mass is 127. The SMILES string of the molecule is CN=C(NC)NCCOc1ccc2c(c1)OCO2.I. The van der Waals surface area contributed by atoms with Crippen molar-refractivity contribution < 1.29 is 14.2 Å². The summed E-state index contributed by atoms with van der Waals surface area (Å²) < 4.78 is 16.1. The van der Waals surface area contributed by atoms with Crippen LogP contribution in [0, 0.1) is 0 Å². The third-order valence-corrected chi connectivity index (χ3v) is 2.47. The molecule has 1 aromatic rings. The molecule has 7 heteroatoms. The minimum Gasteiger partial charge on any atom is -0.492 e. The van der Waals surface area contributed by atoms with E-state index in [1.807, 2.05) is 25.2 Å². The van der Waals surface area contributed by atoms with Crippen molar-refractivity contribution >= 4 is 29.9 Å². The van der Waals surface area contributed by atoms with Crippen molar-refractivity contribution in [3.63, 3.8) is 0 Å². The van der Waals surface area contributed by atoms with E-state index < -0.39 is 0 Å². The molecule has 6 nitrogen and oxygen atoms in total. The van der Waals surface area contributed by atoms with Crippen LogP contribution in [0.15, 0.2) is 23.2 Å². The Balaban J connectivity index is 0.00000180. The minimum absolute atomic E-state index is 0. The standard InChI is InChI=1S/C12H17N3O3.HI/c1-13-12(14-2)15-5-6-16-9-3-4-10-11(7-9)18-8-17-10;/h3-4,7H,5-6,8H2,1-2H3,(H2,13,14,15);1H. The van der Waals surface area contributed by atoms with Gasteiger partial charge < -0.3 is 24.8 Å². The maximum Gasteiger partial charge on any atom is 0.231 e. The average Bonchev–Trinajstić information content (AvgIpc) is 2.86. The monoisotopic (exact) mass is 379 g/mol. The number of hydrogen-bond donors (Lipinski definition) is 2. The summed E-state index contributed by atoms with van der Waals surface area (Å²) in [5.41, 5.74) is 0. The van der Waals surface area contributed by atoms with Crippen LogP contribution >= 0.6 is 24.0 Å². The fourth-order valence-electron chi connectivity index (χ4n) is 1.58. The Kier molecular flexibility index (Phi) is 6.54. The van der Waals surface area contributed by atoms with Crippen molar-refractivity contribution in [2.75, 3.05) is 34.0 Å². The van der Waals surface area contributed by atoms with Crippen molar-refractivity contribution in [3.8, 4) is 17.2 Å². The van der Waals surface area contributed by atoms with Crippen molar-refractivity contribution in [2.45, 2.75) is 0 Å². The van der Waals surface area contributed by atoms with Crippen LogP contribution in [0.4, 0.5) is 0 Å². The van der Waals surface area contributed by atoms with Crippen LogP contribution in [0.3, 0.4) is 0 Å². The van der Waals surface area contributed by atoms with Crippen LogP contribution in [0.1, 0.15) is 0 Å². The molecule has 1 aliphatic heterocycles. The largest absolute Gasteiger partial charge is 0.492 e. The van der Waals surface area contributed by atoms with E-state index in [0.29, 0.717) is 13.2 Å². The molecule has 106 valence electrons. The lowest BCUT2D eigenvalue weighted by Crippen LogP contribution is -2.37. The van der Waals surface area contributed by atoms with Crippen molar-refractivity contribution in [1.29, 1.82) is 0 Å². The molecule has 2 rings (SSSR count). The third-order valence-electron chi connectivity index (χ3n) is 2.47. The van der Waals surface area contributed by atoms with Gasteiger partial charge in [0.1, 0.15) is 12.4 Å². The van der Waals surface area contributed by atoms with E-state index in [2.05, 4.69) is 15.6 Å². The molecule has 0 radical (unpaired) electrons. The molecule has 1 heterocycles. The molecule has 1 aliphatic rings. The normalized spacial score (nSPS) is 12.6. The van der Waals surface area contributed by atoms with Crippen LogP contribution in [0.25, 0.3) is 0 Å². The van der Waals surface area contributed by atoms with E-state index in [0.717, 1.165) is 23.2 Å². The molecular formula is C12H18IN3O3. The van der Waals surface area contributed by atoms with E-state index in [4.69, 9.17) is 14.2 Å². The fourth-order valence-corrected chi connectivity index (χ4v) is 1.58. The summed E-state index contributed by atoms with van der Waals surface area (Å²) in [5.74, 6) is 2.99. The molecule has 0 aromatic heterocycles. The lowest BCUT2D eigenvalue weighted by atomic mass is 10.3. The van der Waals surface area contributed by atoms with Crippen LogP contribution < -0.4 is 24.8 Å². The Morgan fingerprint density at radius 1 is 1.37 bits per heavy atom. The molecule has 0 atom stereocenters. The van der Waals surface area contributed by atoms with Gasteiger partial charge in [-0.3, -0.25) is 4.99 Å². The smallest absolute Gasteiger partial charge is 0.231 e.